The highest BCUT2D eigenvalue weighted by Gasteiger charge is 2.14. The molecule has 0 saturated heterocycles. The highest BCUT2D eigenvalue weighted by Crippen LogP contribution is 2.16. The Hall–Kier alpha value is -2.76. The minimum absolute atomic E-state index is 0.0569. The molecular weight excluding hydrogens is 326 g/mol. The lowest BCUT2D eigenvalue weighted by Crippen LogP contribution is -2.27. The highest BCUT2D eigenvalue weighted by molar-refractivity contribution is 5.76. The van der Waals surface area contributed by atoms with E-state index < -0.39 is 0 Å². The molecule has 6 nitrogen and oxygen atoms in total. The number of carbonyl (C=O) groups excluding carboxylic acids is 1. The van der Waals surface area contributed by atoms with Crippen molar-refractivity contribution in [3.05, 3.63) is 58.7 Å². The number of nitrogens with zero attached hydrogens (tertiary/aromatic N) is 4. The van der Waals surface area contributed by atoms with Crippen molar-refractivity contribution in [2.75, 3.05) is 6.54 Å². The first-order valence-corrected chi connectivity index (χ1v) is 8.96. The molecule has 26 heavy (non-hydrogen) atoms. The molecule has 1 amide bonds. The Labute approximate surface area is 153 Å². The second-order valence-corrected chi connectivity index (χ2v) is 6.75. The number of nitrogens with one attached hydrogen (secondary N) is 1. The monoisotopic (exact) mass is 351 g/mol. The summed E-state index contributed by atoms with van der Waals surface area (Å²) in [4.78, 5) is 21.1. The fraction of sp³-hybridized carbons (Fsp3) is 0.400. The molecule has 0 radical (unpaired) electrons. The minimum atomic E-state index is 0.0569. The molecule has 1 atom stereocenters. The zero-order valence-electron chi connectivity index (χ0n) is 15.8. The predicted molar refractivity (Wildman–Crippen MR) is 101 cm³/mol. The van der Waals surface area contributed by atoms with E-state index in [1.54, 1.807) is 4.52 Å². The summed E-state index contributed by atoms with van der Waals surface area (Å²) in [5.41, 5.74) is 4.20. The summed E-state index contributed by atoms with van der Waals surface area (Å²) in [5, 5.41) is 7.41. The van der Waals surface area contributed by atoms with Crippen LogP contribution in [0.2, 0.25) is 0 Å². The summed E-state index contributed by atoms with van der Waals surface area (Å²) < 4.78 is 1.76. The molecule has 136 valence electrons. The number of aromatic nitrogens is 4. The minimum Gasteiger partial charge on any atom is -0.355 e. The first-order valence-electron chi connectivity index (χ1n) is 8.96. The highest BCUT2D eigenvalue weighted by atomic mass is 16.1. The van der Waals surface area contributed by atoms with E-state index >= 15 is 0 Å². The van der Waals surface area contributed by atoms with Crippen LogP contribution in [0.15, 0.2) is 30.3 Å². The smallest absolute Gasteiger partial charge is 0.252 e. The van der Waals surface area contributed by atoms with Gasteiger partial charge >= 0.3 is 0 Å². The zero-order chi connectivity index (χ0) is 18.7. The van der Waals surface area contributed by atoms with Crippen LogP contribution in [0.5, 0.6) is 0 Å². The van der Waals surface area contributed by atoms with Gasteiger partial charge in [0.25, 0.3) is 5.78 Å². The Balaban J connectivity index is 1.60. The molecule has 3 rings (SSSR count). The number of amides is 1. The molecule has 0 aliphatic rings. The molecule has 0 aliphatic heterocycles. The molecule has 0 unspecified atom stereocenters. The van der Waals surface area contributed by atoms with Gasteiger partial charge in [-0.1, -0.05) is 37.3 Å². The second kappa shape index (κ2) is 7.64. The summed E-state index contributed by atoms with van der Waals surface area (Å²) in [7, 11) is 0. The van der Waals surface area contributed by atoms with Gasteiger partial charge in [0.2, 0.25) is 5.91 Å². The number of hydrogen-bond donors (Lipinski definition) is 1. The van der Waals surface area contributed by atoms with Crippen LogP contribution in [0.25, 0.3) is 5.78 Å². The number of fused-ring (bicyclic) bond motifs is 1. The maximum absolute atomic E-state index is 12.3. The third kappa shape index (κ3) is 3.90. The lowest BCUT2D eigenvalue weighted by Gasteiger charge is -2.14. The van der Waals surface area contributed by atoms with Gasteiger partial charge in [-0.3, -0.25) is 4.79 Å². The van der Waals surface area contributed by atoms with Gasteiger partial charge in [-0.05, 0) is 44.2 Å². The van der Waals surface area contributed by atoms with Gasteiger partial charge in [0.1, 0.15) is 5.82 Å². The van der Waals surface area contributed by atoms with Gasteiger partial charge in [0.15, 0.2) is 0 Å². The average molecular weight is 351 g/mol. The van der Waals surface area contributed by atoms with Crippen molar-refractivity contribution in [2.24, 2.45) is 0 Å². The molecule has 0 bridgehead atoms. The third-order valence-corrected chi connectivity index (χ3v) is 4.73. The summed E-state index contributed by atoms with van der Waals surface area (Å²) >= 11 is 0. The van der Waals surface area contributed by atoms with Crippen LogP contribution in [0, 0.1) is 20.8 Å². The summed E-state index contributed by atoms with van der Waals surface area (Å²) in [6, 6.07) is 10.2. The van der Waals surface area contributed by atoms with Crippen LogP contribution in [-0.2, 0) is 11.2 Å². The third-order valence-electron chi connectivity index (χ3n) is 4.73. The largest absolute Gasteiger partial charge is 0.355 e. The van der Waals surface area contributed by atoms with Gasteiger partial charge in [-0.15, -0.1) is 0 Å². The van der Waals surface area contributed by atoms with E-state index in [1.165, 1.54) is 5.56 Å². The first-order chi connectivity index (χ1) is 12.5. The zero-order valence-corrected chi connectivity index (χ0v) is 15.8. The van der Waals surface area contributed by atoms with Gasteiger partial charge in [-0.2, -0.15) is 10.1 Å². The summed E-state index contributed by atoms with van der Waals surface area (Å²) in [6.07, 6.45) is 1.08. The van der Waals surface area contributed by atoms with Crippen molar-refractivity contribution in [3.8, 4) is 0 Å². The van der Waals surface area contributed by atoms with E-state index in [0.717, 1.165) is 17.0 Å². The van der Waals surface area contributed by atoms with Crippen LogP contribution in [0.1, 0.15) is 47.6 Å². The molecule has 2 aromatic heterocycles. The Morgan fingerprint density at radius 1 is 1.15 bits per heavy atom. The van der Waals surface area contributed by atoms with E-state index in [0.29, 0.717) is 36.9 Å². The quantitative estimate of drug-likeness (QED) is 0.741. The Kier molecular flexibility index (Phi) is 5.30. The topological polar surface area (TPSA) is 72.2 Å². The lowest BCUT2D eigenvalue weighted by molar-refractivity contribution is -0.121. The summed E-state index contributed by atoms with van der Waals surface area (Å²) in [6.45, 7) is 8.57. The van der Waals surface area contributed by atoms with Gasteiger partial charge in [0.05, 0.1) is 0 Å². The average Bonchev–Trinajstić information content (AvgIpc) is 3.00. The first kappa shape index (κ1) is 18.0. The van der Waals surface area contributed by atoms with E-state index in [4.69, 9.17) is 0 Å². The Bertz CT molecular complexity index is 917. The van der Waals surface area contributed by atoms with Crippen LogP contribution >= 0.6 is 0 Å². The SMILES string of the molecule is Cc1nc2nc(C)c(CCC(=O)NC[C@@H](C)c3ccccc3)c(C)n2n1. The van der Waals surface area contributed by atoms with E-state index in [-0.39, 0.29) is 5.91 Å². The fourth-order valence-corrected chi connectivity index (χ4v) is 3.16. The van der Waals surface area contributed by atoms with Gasteiger partial charge < -0.3 is 5.32 Å². The van der Waals surface area contributed by atoms with E-state index in [9.17, 15) is 4.79 Å². The van der Waals surface area contributed by atoms with E-state index in [2.05, 4.69) is 39.4 Å². The molecule has 3 aromatic rings. The van der Waals surface area contributed by atoms with Crippen molar-refractivity contribution in [2.45, 2.75) is 46.5 Å². The molecule has 2 heterocycles. The predicted octanol–water partition coefficient (Wildman–Crippen LogP) is 2.90. The maximum atomic E-state index is 12.3. The van der Waals surface area contributed by atoms with E-state index in [1.807, 2.05) is 39.0 Å². The number of carbonyl (C=O) groups is 1. The van der Waals surface area contributed by atoms with Crippen molar-refractivity contribution in [1.29, 1.82) is 0 Å². The maximum Gasteiger partial charge on any atom is 0.252 e. The Morgan fingerprint density at radius 3 is 2.62 bits per heavy atom. The van der Waals surface area contributed by atoms with Crippen molar-refractivity contribution in [3.63, 3.8) is 0 Å². The molecule has 0 aliphatic carbocycles. The molecule has 0 spiro atoms. The number of aryl methyl sites for hydroxylation is 3. The standard InChI is InChI=1S/C20H25N5O/c1-13(17-8-6-5-7-9-17)12-21-19(26)11-10-18-14(2)22-20-23-16(4)24-25(20)15(18)3/h5-9,13H,10-12H2,1-4H3,(H,21,26)/t13-/m1/s1. The van der Waals surface area contributed by atoms with Crippen molar-refractivity contribution >= 4 is 11.7 Å². The van der Waals surface area contributed by atoms with Crippen LogP contribution in [0.3, 0.4) is 0 Å². The van der Waals surface area contributed by atoms with Crippen LogP contribution in [0.4, 0.5) is 0 Å². The molecule has 0 fully saturated rings. The fourth-order valence-electron chi connectivity index (χ4n) is 3.16. The second-order valence-electron chi connectivity index (χ2n) is 6.75. The molecule has 1 N–H and O–H groups in total. The number of rotatable bonds is 6. The molecule has 6 heteroatoms. The van der Waals surface area contributed by atoms with Crippen LogP contribution < -0.4 is 5.32 Å². The Morgan fingerprint density at radius 2 is 1.88 bits per heavy atom. The lowest BCUT2D eigenvalue weighted by atomic mass is 10.0. The summed E-state index contributed by atoms with van der Waals surface area (Å²) in [5.74, 6) is 1.66. The number of hydrogen-bond acceptors (Lipinski definition) is 4. The molecular formula is C20H25N5O. The van der Waals surface area contributed by atoms with Crippen molar-refractivity contribution < 1.29 is 4.79 Å². The normalized spacial score (nSPS) is 12.3. The molecule has 0 saturated carbocycles. The van der Waals surface area contributed by atoms with Gasteiger partial charge in [-0.25, -0.2) is 9.50 Å². The van der Waals surface area contributed by atoms with Crippen molar-refractivity contribution in [1.82, 2.24) is 24.9 Å². The van der Waals surface area contributed by atoms with Gasteiger partial charge in [0, 0.05) is 24.4 Å². The molecule has 1 aromatic carbocycles. The van der Waals surface area contributed by atoms with Crippen LogP contribution in [-0.4, -0.2) is 32.0 Å². The number of benzene rings is 1.